The molecule has 1 aliphatic rings. The Morgan fingerprint density at radius 2 is 1.89 bits per heavy atom. The zero-order chi connectivity index (χ0) is 19.9. The third kappa shape index (κ3) is 5.16. The zero-order valence-corrected chi connectivity index (χ0v) is 16.2. The van der Waals surface area contributed by atoms with Gasteiger partial charge in [-0.1, -0.05) is 41.9 Å². The molecule has 7 heteroatoms. The largest absolute Gasteiger partial charge is 0.484 e. The van der Waals surface area contributed by atoms with E-state index < -0.39 is 6.09 Å². The van der Waals surface area contributed by atoms with Crippen LogP contribution in [0.25, 0.3) is 0 Å². The highest BCUT2D eigenvalue weighted by atomic mass is 35.5. The van der Waals surface area contributed by atoms with Gasteiger partial charge < -0.3 is 14.7 Å². The van der Waals surface area contributed by atoms with Crippen molar-refractivity contribution in [2.24, 2.45) is 0 Å². The molecule has 0 aromatic heterocycles. The van der Waals surface area contributed by atoms with Crippen molar-refractivity contribution in [3.8, 4) is 11.8 Å². The predicted molar refractivity (Wildman–Crippen MR) is 107 cm³/mol. The Labute approximate surface area is 169 Å². The Bertz CT molecular complexity index is 846. The van der Waals surface area contributed by atoms with Crippen molar-refractivity contribution in [1.82, 2.24) is 9.80 Å². The van der Waals surface area contributed by atoms with Crippen LogP contribution >= 0.6 is 11.6 Å². The average Bonchev–Trinajstić information content (AvgIpc) is 2.72. The highest BCUT2D eigenvalue weighted by molar-refractivity contribution is 6.30. The van der Waals surface area contributed by atoms with E-state index in [1.165, 1.54) is 4.90 Å². The molecule has 28 heavy (non-hydrogen) atoms. The van der Waals surface area contributed by atoms with Crippen LogP contribution in [-0.4, -0.2) is 53.7 Å². The van der Waals surface area contributed by atoms with Gasteiger partial charge in [-0.25, -0.2) is 4.79 Å². The van der Waals surface area contributed by atoms with Crippen molar-refractivity contribution in [3.63, 3.8) is 0 Å². The van der Waals surface area contributed by atoms with E-state index in [4.69, 9.17) is 21.4 Å². The summed E-state index contributed by atoms with van der Waals surface area (Å²) in [4.78, 5) is 14.7. The first-order valence-corrected chi connectivity index (χ1v) is 9.56. The minimum Gasteiger partial charge on any atom is -0.484 e. The summed E-state index contributed by atoms with van der Waals surface area (Å²) in [5, 5.41) is 19.0. The summed E-state index contributed by atoms with van der Waals surface area (Å²) in [6.07, 6.45) is -0.381. The van der Waals surface area contributed by atoms with Crippen LogP contribution in [0.3, 0.4) is 0 Å². The molecule has 2 aromatic rings. The summed E-state index contributed by atoms with van der Waals surface area (Å²) in [7, 11) is 0. The van der Waals surface area contributed by atoms with E-state index in [0.717, 1.165) is 12.1 Å². The fourth-order valence-electron chi connectivity index (χ4n) is 3.26. The Morgan fingerprint density at radius 3 is 2.54 bits per heavy atom. The number of ether oxygens (including phenoxy) is 1. The summed E-state index contributed by atoms with van der Waals surface area (Å²) in [5.74, 6) is 0.472. The highest BCUT2D eigenvalue weighted by Gasteiger charge is 2.22. The molecule has 1 amide bonds. The SMILES string of the molecule is N#Cc1ccc(Cl)cc1O[C@H](CCN1CCN(C(=O)O)CC1)c1ccccc1. The molecule has 6 nitrogen and oxygen atoms in total. The number of hydrogen-bond donors (Lipinski definition) is 1. The van der Waals surface area contributed by atoms with Crippen molar-refractivity contribution in [3.05, 3.63) is 64.7 Å². The fraction of sp³-hybridized carbons (Fsp3) is 0.333. The van der Waals surface area contributed by atoms with Gasteiger partial charge in [0.2, 0.25) is 0 Å². The Morgan fingerprint density at radius 1 is 1.18 bits per heavy atom. The first kappa shape index (κ1) is 20.0. The monoisotopic (exact) mass is 399 g/mol. The van der Waals surface area contributed by atoms with Crippen molar-refractivity contribution in [1.29, 1.82) is 5.26 Å². The lowest BCUT2D eigenvalue weighted by Gasteiger charge is -2.34. The first-order chi connectivity index (χ1) is 13.6. The lowest BCUT2D eigenvalue weighted by molar-refractivity contribution is 0.0956. The fourth-order valence-corrected chi connectivity index (χ4v) is 3.43. The van der Waals surface area contributed by atoms with E-state index in [1.54, 1.807) is 18.2 Å². The molecule has 1 saturated heterocycles. The number of nitrogens with zero attached hydrogens (tertiary/aromatic N) is 3. The van der Waals surface area contributed by atoms with Crippen LogP contribution in [0.15, 0.2) is 48.5 Å². The van der Waals surface area contributed by atoms with Gasteiger partial charge in [0.25, 0.3) is 0 Å². The van der Waals surface area contributed by atoms with Crippen LogP contribution in [-0.2, 0) is 0 Å². The summed E-state index contributed by atoms with van der Waals surface area (Å²) >= 11 is 6.09. The van der Waals surface area contributed by atoms with Gasteiger partial charge in [-0.15, -0.1) is 0 Å². The first-order valence-electron chi connectivity index (χ1n) is 9.18. The molecule has 1 atom stereocenters. The Kier molecular flexibility index (Phi) is 6.75. The van der Waals surface area contributed by atoms with Gasteiger partial charge in [0, 0.05) is 50.2 Å². The maximum Gasteiger partial charge on any atom is 0.407 e. The summed E-state index contributed by atoms with van der Waals surface area (Å²) in [6, 6.07) is 17.0. The lowest BCUT2D eigenvalue weighted by Crippen LogP contribution is -2.48. The zero-order valence-electron chi connectivity index (χ0n) is 15.4. The number of rotatable bonds is 6. The minimum absolute atomic E-state index is 0.232. The van der Waals surface area contributed by atoms with Gasteiger partial charge in [0.05, 0.1) is 5.56 Å². The summed E-state index contributed by atoms with van der Waals surface area (Å²) in [5.41, 5.74) is 1.47. The van der Waals surface area contributed by atoms with Crippen LogP contribution in [0.4, 0.5) is 4.79 Å². The third-order valence-electron chi connectivity index (χ3n) is 4.86. The van der Waals surface area contributed by atoms with Crippen molar-refractivity contribution >= 4 is 17.7 Å². The van der Waals surface area contributed by atoms with E-state index in [9.17, 15) is 10.1 Å². The predicted octanol–water partition coefficient (Wildman–Crippen LogP) is 4.02. The number of carboxylic acid groups (broad SMARTS) is 1. The molecule has 0 saturated carbocycles. The average molecular weight is 400 g/mol. The quantitative estimate of drug-likeness (QED) is 0.793. The van der Waals surface area contributed by atoms with Crippen molar-refractivity contribution in [2.75, 3.05) is 32.7 Å². The normalized spacial score (nSPS) is 15.6. The van der Waals surface area contributed by atoms with Gasteiger partial charge in [-0.05, 0) is 17.7 Å². The molecular formula is C21H22ClN3O3. The standard InChI is InChI=1S/C21H22ClN3O3/c22-18-7-6-17(15-23)20(14-18)28-19(16-4-2-1-3-5-16)8-9-24-10-12-25(13-11-24)21(26)27/h1-7,14,19H,8-13H2,(H,26,27)/t19-/m1/s1. The van der Waals surface area contributed by atoms with Crippen molar-refractivity contribution in [2.45, 2.75) is 12.5 Å². The van der Waals surface area contributed by atoms with E-state index >= 15 is 0 Å². The van der Waals surface area contributed by atoms with Crippen LogP contribution in [0.2, 0.25) is 5.02 Å². The molecule has 2 aromatic carbocycles. The second-order valence-electron chi connectivity index (χ2n) is 6.67. The van der Waals surface area contributed by atoms with E-state index in [2.05, 4.69) is 11.0 Å². The van der Waals surface area contributed by atoms with Crippen LogP contribution < -0.4 is 4.74 Å². The molecule has 3 rings (SSSR count). The van der Waals surface area contributed by atoms with Crippen molar-refractivity contribution < 1.29 is 14.6 Å². The third-order valence-corrected chi connectivity index (χ3v) is 5.09. The summed E-state index contributed by atoms with van der Waals surface area (Å²) < 4.78 is 6.22. The van der Waals surface area contributed by atoms with Crippen LogP contribution in [0.1, 0.15) is 23.7 Å². The Hall–Kier alpha value is -2.75. The van der Waals surface area contributed by atoms with Gasteiger partial charge in [-0.3, -0.25) is 4.90 Å². The molecule has 1 heterocycles. The van der Waals surface area contributed by atoms with Gasteiger partial charge in [-0.2, -0.15) is 5.26 Å². The van der Waals surface area contributed by atoms with E-state index in [1.807, 2.05) is 30.3 Å². The number of hydrogen-bond acceptors (Lipinski definition) is 4. The lowest BCUT2D eigenvalue weighted by atomic mass is 10.1. The van der Waals surface area contributed by atoms with Gasteiger partial charge in [0.1, 0.15) is 17.9 Å². The highest BCUT2D eigenvalue weighted by Crippen LogP contribution is 2.30. The second kappa shape index (κ2) is 9.45. The maximum atomic E-state index is 11.1. The van der Waals surface area contributed by atoms with Crippen LogP contribution in [0, 0.1) is 11.3 Å². The maximum absolute atomic E-state index is 11.1. The van der Waals surface area contributed by atoms with Gasteiger partial charge >= 0.3 is 6.09 Å². The molecule has 1 N–H and O–H groups in total. The number of carbonyl (C=O) groups is 1. The molecule has 0 bridgehead atoms. The topological polar surface area (TPSA) is 76.8 Å². The smallest absolute Gasteiger partial charge is 0.407 e. The number of amides is 1. The number of piperazine rings is 1. The molecule has 0 unspecified atom stereocenters. The van der Waals surface area contributed by atoms with Crippen LogP contribution in [0.5, 0.6) is 5.75 Å². The number of benzene rings is 2. The Balaban J connectivity index is 1.70. The molecule has 0 spiro atoms. The number of nitriles is 1. The minimum atomic E-state index is -0.866. The molecule has 0 aliphatic carbocycles. The molecule has 146 valence electrons. The molecular weight excluding hydrogens is 378 g/mol. The molecule has 0 radical (unpaired) electrons. The molecule has 1 aliphatic heterocycles. The molecule has 1 fully saturated rings. The summed E-state index contributed by atoms with van der Waals surface area (Å²) in [6.45, 7) is 3.20. The van der Waals surface area contributed by atoms with E-state index in [0.29, 0.717) is 48.9 Å². The second-order valence-corrected chi connectivity index (χ2v) is 7.11. The number of halogens is 1. The van der Waals surface area contributed by atoms with Gasteiger partial charge in [0.15, 0.2) is 0 Å². The van der Waals surface area contributed by atoms with E-state index in [-0.39, 0.29) is 6.10 Å².